The number of hydrogen-bond acceptors (Lipinski definition) is 6. The second kappa shape index (κ2) is 6.77. The monoisotopic (exact) mass is 364 g/mol. The van der Waals surface area contributed by atoms with Crippen LogP contribution in [0.4, 0.5) is 5.82 Å². The number of nitrogens with zero attached hydrogens (tertiary/aromatic N) is 8. The summed E-state index contributed by atoms with van der Waals surface area (Å²) in [6.45, 7) is 8.59. The van der Waals surface area contributed by atoms with Gasteiger partial charge in [0, 0.05) is 57.4 Å². The Morgan fingerprint density at radius 3 is 2.52 bits per heavy atom. The Balaban J connectivity index is 1.19. The van der Waals surface area contributed by atoms with Crippen LogP contribution in [-0.4, -0.2) is 67.2 Å². The smallest absolute Gasteiger partial charge is 0.158 e. The predicted octanol–water partition coefficient (Wildman–Crippen LogP) is 1.24. The van der Waals surface area contributed by atoms with E-state index in [9.17, 15) is 0 Å². The van der Waals surface area contributed by atoms with Crippen LogP contribution in [0.25, 0.3) is 5.82 Å². The largest absolute Gasteiger partial charge is 0.356 e. The minimum absolute atomic E-state index is 0.715. The molecule has 0 aliphatic carbocycles. The molecule has 0 bridgehead atoms. The zero-order valence-corrected chi connectivity index (χ0v) is 15.5. The molecule has 2 aliphatic heterocycles. The fraction of sp³-hybridized carbons (Fsp3) is 0.474. The number of aryl methyl sites for hydroxylation is 1. The second-order valence-corrected chi connectivity index (χ2v) is 7.65. The summed E-state index contributed by atoms with van der Waals surface area (Å²) in [6, 6.07) is 3.94. The molecule has 0 aromatic carbocycles. The van der Waals surface area contributed by atoms with Crippen LogP contribution >= 0.6 is 0 Å². The highest BCUT2D eigenvalue weighted by atomic mass is 15.3. The number of fused-ring (bicyclic) bond motifs is 1. The Morgan fingerprint density at radius 2 is 1.81 bits per heavy atom. The van der Waals surface area contributed by atoms with Crippen molar-refractivity contribution in [2.75, 3.05) is 37.6 Å². The van der Waals surface area contributed by atoms with Crippen molar-refractivity contribution in [1.29, 1.82) is 0 Å². The van der Waals surface area contributed by atoms with Gasteiger partial charge >= 0.3 is 0 Å². The van der Waals surface area contributed by atoms with Crippen molar-refractivity contribution in [3.63, 3.8) is 0 Å². The van der Waals surface area contributed by atoms with Crippen molar-refractivity contribution in [3.05, 3.63) is 48.8 Å². The van der Waals surface area contributed by atoms with Crippen LogP contribution in [0.2, 0.25) is 0 Å². The molecule has 0 N–H and O–H groups in total. The zero-order valence-electron chi connectivity index (χ0n) is 15.5. The average molecular weight is 364 g/mol. The Morgan fingerprint density at radius 1 is 1.00 bits per heavy atom. The van der Waals surface area contributed by atoms with Gasteiger partial charge in [0.05, 0.1) is 12.7 Å². The lowest BCUT2D eigenvalue weighted by atomic mass is 10.0. The fourth-order valence-electron chi connectivity index (χ4n) is 4.33. The molecule has 8 nitrogen and oxygen atoms in total. The molecule has 27 heavy (non-hydrogen) atoms. The Labute approximate surface area is 158 Å². The summed E-state index contributed by atoms with van der Waals surface area (Å²) in [5.41, 5.74) is 1.23. The van der Waals surface area contributed by atoms with Crippen molar-refractivity contribution < 1.29 is 0 Å². The number of aromatic nitrogens is 6. The van der Waals surface area contributed by atoms with E-state index in [4.69, 9.17) is 0 Å². The van der Waals surface area contributed by atoms with Gasteiger partial charge in [0.25, 0.3) is 0 Å². The van der Waals surface area contributed by atoms with E-state index in [1.165, 1.54) is 18.7 Å². The van der Waals surface area contributed by atoms with Gasteiger partial charge in [-0.15, -0.1) is 0 Å². The summed E-state index contributed by atoms with van der Waals surface area (Å²) >= 11 is 0. The van der Waals surface area contributed by atoms with Gasteiger partial charge in [0.1, 0.15) is 12.1 Å². The molecule has 2 aliphatic rings. The second-order valence-electron chi connectivity index (χ2n) is 7.65. The van der Waals surface area contributed by atoms with Crippen LogP contribution in [0.15, 0.2) is 43.2 Å². The van der Waals surface area contributed by atoms with Crippen molar-refractivity contribution in [1.82, 2.24) is 34.4 Å². The lowest BCUT2D eigenvalue weighted by Gasteiger charge is -2.22. The van der Waals surface area contributed by atoms with E-state index in [-0.39, 0.29) is 0 Å². The summed E-state index contributed by atoms with van der Waals surface area (Å²) < 4.78 is 3.83. The first-order valence-corrected chi connectivity index (χ1v) is 9.53. The standard InChI is InChI=1S/C19H24N8/c1-15-8-23-26(9-15)6-5-24-10-16-12-25(13-17(16)11-24)18-7-19(21-14-20-18)27-4-2-3-22-27/h2-4,7-9,14,16-17H,5-6,10-13H2,1H3. The number of likely N-dealkylation sites (tertiary alicyclic amines) is 1. The number of rotatable bonds is 5. The van der Waals surface area contributed by atoms with E-state index in [1.54, 1.807) is 17.2 Å². The summed E-state index contributed by atoms with van der Waals surface area (Å²) in [6.07, 6.45) is 9.35. The van der Waals surface area contributed by atoms with Crippen LogP contribution in [0.1, 0.15) is 5.56 Å². The molecule has 140 valence electrons. The zero-order chi connectivity index (χ0) is 18.2. The van der Waals surface area contributed by atoms with Crippen LogP contribution in [-0.2, 0) is 6.54 Å². The third-order valence-corrected chi connectivity index (χ3v) is 5.67. The van der Waals surface area contributed by atoms with Crippen LogP contribution < -0.4 is 4.90 Å². The molecular weight excluding hydrogens is 340 g/mol. The predicted molar refractivity (Wildman–Crippen MR) is 102 cm³/mol. The van der Waals surface area contributed by atoms with E-state index in [2.05, 4.69) is 43.1 Å². The first kappa shape index (κ1) is 16.4. The molecule has 3 aromatic heterocycles. The molecule has 0 radical (unpaired) electrons. The molecule has 2 saturated heterocycles. The van der Waals surface area contributed by atoms with Crippen molar-refractivity contribution in [2.45, 2.75) is 13.5 Å². The number of anilines is 1. The van der Waals surface area contributed by atoms with Gasteiger partial charge in [-0.25, -0.2) is 14.6 Å². The van der Waals surface area contributed by atoms with Crippen molar-refractivity contribution in [3.8, 4) is 5.82 Å². The van der Waals surface area contributed by atoms with E-state index < -0.39 is 0 Å². The highest BCUT2D eigenvalue weighted by Crippen LogP contribution is 2.33. The van der Waals surface area contributed by atoms with Crippen molar-refractivity contribution in [2.24, 2.45) is 11.8 Å². The Hall–Kier alpha value is -2.74. The SMILES string of the molecule is Cc1cnn(CCN2CC3CN(c4cc(-n5cccn5)ncn4)CC3C2)c1. The van der Waals surface area contributed by atoms with Gasteiger partial charge in [-0.2, -0.15) is 10.2 Å². The van der Waals surface area contributed by atoms with E-state index in [1.807, 2.05) is 29.2 Å². The molecule has 0 spiro atoms. The molecular formula is C19H24N8. The van der Waals surface area contributed by atoms with Gasteiger partial charge in [-0.05, 0) is 30.4 Å². The normalized spacial score (nSPS) is 22.5. The molecule has 2 unspecified atom stereocenters. The van der Waals surface area contributed by atoms with Gasteiger partial charge in [0.2, 0.25) is 0 Å². The molecule has 0 amide bonds. The maximum absolute atomic E-state index is 4.50. The van der Waals surface area contributed by atoms with Crippen LogP contribution in [0, 0.1) is 18.8 Å². The van der Waals surface area contributed by atoms with Gasteiger partial charge in [0.15, 0.2) is 5.82 Å². The summed E-state index contributed by atoms with van der Waals surface area (Å²) in [5.74, 6) is 3.25. The molecule has 5 heterocycles. The lowest BCUT2D eigenvalue weighted by Crippen LogP contribution is -2.31. The lowest BCUT2D eigenvalue weighted by molar-refractivity contribution is 0.296. The minimum atomic E-state index is 0.715. The third kappa shape index (κ3) is 3.32. The van der Waals surface area contributed by atoms with Gasteiger partial charge in [-0.3, -0.25) is 4.68 Å². The van der Waals surface area contributed by atoms with Gasteiger partial charge in [-0.1, -0.05) is 0 Å². The molecule has 0 saturated carbocycles. The number of hydrogen-bond donors (Lipinski definition) is 0. The molecule has 3 aromatic rings. The highest BCUT2D eigenvalue weighted by Gasteiger charge is 2.40. The van der Waals surface area contributed by atoms with Crippen LogP contribution in [0.5, 0.6) is 0 Å². The minimum Gasteiger partial charge on any atom is -0.356 e. The first-order valence-electron chi connectivity index (χ1n) is 9.53. The van der Waals surface area contributed by atoms with Crippen molar-refractivity contribution >= 4 is 5.82 Å². The summed E-state index contributed by atoms with van der Waals surface area (Å²) in [5, 5.41) is 8.65. The third-order valence-electron chi connectivity index (χ3n) is 5.67. The highest BCUT2D eigenvalue weighted by molar-refractivity contribution is 5.44. The maximum atomic E-state index is 4.50. The Bertz CT molecular complexity index is 888. The maximum Gasteiger partial charge on any atom is 0.158 e. The van der Waals surface area contributed by atoms with E-state index in [0.29, 0.717) is 11.8 Å². The summed E-state index contributed by atoms with van der Waals surface area (Å²) in [4.78, 5) is 13.8. The van der Waals surface area contributed by atoms with E-state index in [0.717, 1.165) is 37.8 Å². The average Bonchev–Trinajstić information content (AvgIpc) is 3.44. The summed E-state index contributed by atoms with van der Waals surface area (Å²) in [7, 11) is 0. The molecule has 8 heteroatoms. The Kier molecular flexibility index (Phi) is 4.12. The van der Waals surface area contributed by atoms with Crippen LogP contribution in [0.3, 0.4) is 0 Å². The molecule has 5 rings (SSSR count). The first-order chi connectivity index (χ1) is 13.2. The molecule has 2 fully saturated rings. The topological polar surface area (TPSA) is 67.9 Å². The fourth-order valence-corrected chi connectivity index (χ4v) is 4.33. The quantitative estimate of drug-likeness (QED) is 0.678. The molecule has 2 atom stereocenters. The van der Waals surface area contributed by atoms with E-state index >= 15 is 0 Å². The van der Waals surface area contributed by atoms with Gasteiger partial charge < -0.3 is 9.80 Å².